The molecule has 1 heterocycles. The van der Waals surface area contributed by atoms with Crippen LogP contribution in [0.15, 0.2) is 24.3 Å². The number of hydrogen-bond donors (Lipinski definition) is 1. The fourth-order valence-corrected chi connectivity index (χ4v) is 1.75. The van der Waals surface area contributed by atoms with Crippen LogP contribution in [-0.2, 0) is 0 Å². The summed E-state index contributed by atoms with van der Waals surface area (Å²) in [4.78, 5) is 7.76. The number of nitriles is 1. The summed E-state index contributed by atoms with van der Waals surface area (Å²) in [5.74, 6) is 1.68. The minimum Gasteiger partial charge on any atom is -0.497 e. The molecule has 1 aromatic heterocycles. The molecule has 20 heavy (non-hydrogen) atoms. The maximum atomic E-state index is 8.85. The molecule has 0 aliphatic heterocycles. The zero-order valence-electron chi connectivity index (χ0n) is 10.8. The lowest BCUT2D eigenvalue weighted by Gasteiger charge is -2.10. The summed E-state index contributed by atoms with van der Waals surface area (Å²) in [7, 11) is 3.13. The van der Waals surface area contributed by atoms with Crippen LogP contribution in [0.5, 0.6) is 11.5 Å². The average Bonchev–Trinajstić information content (AvgIpc) is 2.46. The smallest absolute Gasteiger partial charge is 0.225 e. The molecule has 0 atom stereocenters. The second kappa shape index (κ2) is 6.08. The Balaban J connectivity index is 2.34. The minimum absolute atomic E-state index is 0.00131. The fraction of sp³-hybridized carbons (Fsp3) is 0.154. The average molecular weight is 291 g/mol. The molecule has 2 rings (SSSR count). The number of benzene rings is 1. The van der Waals surface area contributed by atoms with E-state index < -0.39 is 0 Å². The highest BCUT2D eigenvalue weighted by Gasteiger charge is 2.06. The number of halogens is 1. The van der Waals surface area contributed by atoms with E-state index in [1.165, 1.54) is 6.07 Å². The molecule has 7 heteroatoms. The van der Waals surface area contributed by atoms with Gasteiger partial charge in [0.2, 0.25) is 5.28 Å². The van der Waals surface area contributed by atoms with Crippen molar-refractivity contribution in [3.8, 4) is 17.6 Å². The topological polar surface area (TPSA) is 80.1 Å². The standard InChI is InChI=1S/C13H11ClN4O2/c1-19-10-3-8(4-11(6-10)20-2)16-12-5-9(7-15)17-13(14)18-12/h3-6H,1-2H3,(H,16,17,18). The zero-order valence-corrected chi connectivity index (χ0v) is 11.6. The van der Waals surface area contributed by atoms with Crippen molar-refractivity contribution in [3.05, 3.63) is 35.2 Å². The third kappa shape index (κ3) is 3.28. The van der Waals surface area contributed by atoms with Crippen molar-refractivity contribution in [1.82, 2.24) is 9.97 Å². The van der Waals surface area contributed by atoms with E-state index in [4.69, 9.17) is 26.3 Å². The van der Waals surface area contributed by atoms with Gasteiger partial charge in [0.05, 0.1) is 14.2 Å². The molecule has 0 aliphatic carbocycles. The lowest BCUT2D eigenvalue weighted by Crippen LogP contribution is -1.98. The van der Waals surface area contributed by atoms with Crippen LogP contribution >= 0.6 is 11.6 Å². The molecule has 1 N–H and O–H groups in total. The highest BCUT2D eigenvalue weighted by atomic mass is 35.5. The van der Waals surface area contributed by atoms with E-state index in [1.807, 2.05) is 6.07 Å². The zero-order chi connectivity index (χ0) is 14.5. The van der Waals surface area contributed by atoms with Crippen LogP contribution in [0.25, 0.3) is 0 Å². The molecule has 0 saturated carbocycles. The number of nitrogens with one attached hydrogen (secondary N) is 1. The molecule has 6 nitrogen and oxygen atoms in total. The largest absolute Gasteiger partial charge is 0.497 e. The molecule has 0 aliphatic rings. The molecule has 0 radical (unpaired) electrons. The Morgan fingerprint density at radius 1 is 1.10 bits per heavy atom. The molecule has 1 aromatic carbocycles. The number of hydrogen-bond acceptors (Lipinski definition) is 6. The summed E-state index contributed by atoms with van der Waals surface area (Å²) in [5, 5.41) is 11.9. The van der Waals surface area contributed by atoms with Crippen molar-refractivity contribution in [2.75, 3.05) is 19.5 Å². The van der Waals surface area contributed by atoms with Gasteiger partial charge in [0.1, 0.15) is 29.1 Å². The molecule has 2 aromatic rings. The van der Waals surface area contributed by atoms with Gasteiger partial charge in [0.25, 0.3) is 0 Å². The fourth-order valence-electron chi connectivity index (χ4n) is 1.57. The van der Waals surface area contributed by atoms with Gasteiger partial charge in [-0.1, -0.05) is 0 Å². The van der Waals surface area contributed by atoms with Crippen LogP contribution in [0.2, 0.25) is 5.28 Å². The first-order valence-electron chi connectivity index (χ1n) is 5.59. The summed E-state index contributed by atoms with van der Waals surface area (Å²) in [6.07, 6.45) is 0. The Kier molecular flexibility index (Phi) is 4.23. The van der Waals surface area contributed by atoms with Gasteiger partial charge in [0.15, 0.2) is 0 Å². The summed E-state index contributed by atoms with van der Waals surface area (Å²) in [6, 6.07) is 8.70. The van der Waals surface area contributed by atoms with Crippen LogP contribution in [0.1, 0.15) is 5.69 Å². The first-order chi connectivity index (χ1) is 9.64. The van der Waals surface area contributed by atoms with Gasteiger partial charge in [-0.15, -0.1) is 0 Å². The van der Waals surface area contributed by atoms with Gasteiger partial charge in [0, 0.05) is 30.0 Å². The lowest BCUT2D eigenvalue weighted by atomic mass is 10.2. The van der Waals surface area contributed by atoms with Crippen LogP contribution in [0, 0.1) is 11.3 Å². The predicted molar refractivity (Wildman–Crippen MR) is 74.6 cm³/mol. The molecule has 0 fully saturated rings. The maximum absolute atomic E-state index is 8.85. The first-order valence-corrected chi connectivity index (χ1v) is 5.97. The van der Waals surface area contributed by atoms with Crippen LogP contribution < -0.4 is 14.8 Å². The van der Waals surface area contributed by atoms with Crippen molar-refractivity contribution in [3.63, 3.8) is 0 Å². The number of ether oxygens (including phenoxy) is 2. The predicted octanol–water partition coefficient (Wildman–Crippen LogP) is 2.76. The Morgan fingerprint density at radius 2 is 1.75 bits per heavy atom. The molecular formula is C13H11ClN4O2. The molecular weight excluding hydrogens is 280 g/mol. The summed E-state index contributed by atoms with van der Waals surface area (Å²) in [5.41, 5.74) is 0.877. The van der Waals surface area contributed by atoms with Gasteiger partial charge < -0.3 is 14.8 Å². The molecule has 0 spiro atoms. The lowest BCUT2D eigenvalue weighted by molar-refractivity contribution is 0.395. The number of methoxy groups -OCH3 is 2. The summed E-state index contributed by atoms with van der Waals surface area (Å²) < 4.78 is 10.3. The highest BCUT2D eigenvalue weighted by molar-refractivity contribution is 6.28. The van der Waals surface area contributed by atoms with E-state index in [-0.39, 0.29) is 11.0 Å². The Labute approximate surface area is 120 Å². The minimum atomic E-state index is 0.00131. The van der Waals surface area contributed by atoms with E-state index in [0.717, 1.165) is 0 Å². The SMILES string of the molecule is COc1cc(Nc2cc(C#N)nc(Cl)n2)cc(OC)c1. The van der Waals surface area contributed by atoms with Crippen LogP contribution in [-0.4, -0.2) is 24.2 Å². The number of anilines is 2. The van der Waals surface area contributed by atoms with E-state index in [1.54, 1.807) is 32.4 Å². The third-order valence-corrected chi connectivity index (χ3v) is 2.61. The van der Waals surface area contributed by atoms with E-state index in [2.05, 4.69) is 15.3 Å². The molecule has 0 bridgehead atoms. The van der Waals surface area contributed by atoms with Gasteiger partial charge in [-0.2, -0.15) is 5.26 Å². The van der Waals surface area contributed by atoms with Crippen LogP contribution in [0.3, 0.4) is 0 Å². The van der Waals surface area contributed by atoms with Crippen molar-refractivity contribution in [2.45, 2.75) is 0 Å². The Hall–Kier alpha value is -2.52. The normalized spacial score (nSPS) is 9.70. The molecule has 102 valence electrons. The highest BCUT2D eigenvalue weighted by Crippen LogP contribution is 2.27. The van der Waals surface area contributed by atoms with E-state index >= 15 is 0 Å². The third-order valence-electron chi connectivity index (χ3n) is 2.44. The van der Waals surface area contributed by atoms with Crippen molar-refractivity contribution in [1.29, 1.82) is 5.26 Å². The molecule has 0 amide bonds. The Bertz CT molecular complexity index is 648. The quantitative estimate of drug-likeness (QED) is 0.872. The first kappa shape index (κ1) is 13.9. The van der Waals surface area contributed by atoms with Crippen molar-refractivity contribution >= 4 is 23.1 Å². The van der Waals surface area contributed by atoms with E-state index in [9.17, 15) is 0 Å². The Morgan fingerprint density at radius 3 is 2.30 bits per heavy atom. The number of aromatic nitrogens is 2. The van der Waals surface area contributed by atoms with Gasteiger partial charge in [-0.05, 0) is 11.6 Å². The molecule has 0 unspecified atom stereocenters. The van der Waals surface area contributed by atoms with E-state index in [0.29, 0.717) is 23.0 Å². The second-order valence-electron chi connectivity index (χ2n) is 3.75. The second-order valence-corrected chi connectivity index (χ2v) is 4.08. The monoisotopic (exact) mass is 290 g/mol. The van der Waals surface area contributed by atoms with Crippen LogP contribution in [0.4, 0.5) is 11.5 Å². The maximum Gasteiger partial charge on any atom is 0.225 e. The van der Waals surface area contributed by atoms with Gasteiger partial charge >= 0.3 is 0 Å². The van der Waals surface area contributed by atoms with Gasteiger partial charge in [-0.25, -0.2) is 9.97 Å². The van der Waals surface area contributed by atoms with Crippen molar-refractivity contribution in [2.24, 2.45) is 0 Å². The molecule has 0 saturated heterocycles. The number of nitrogens with zero attached hydrogens (tertiary/aromatic N) is 3. The van der Waals surface area contributed by atoms with Crippen molar-refractivity contribution < 1.29 is 9.47 Å². The summed E-state index contributed by atoms with van der Waals surface area (Å²) in [6.45, 7) is 0. The number of rotatable bonds is 4. The summed E-state index contributed by atoms with van der Waals surface area (Å²) >= 11 is 5.75. The van der Waals surface area contributed by atoms with Gasteiger partial charge in [-0.3, -0.25) is 0 Å².